The maximum atomic E-state index is 12.0. The van der Waals surface area contributed by atoms with E-state index in [0.29, 0.717) is 10.7 Å². The molecule has 1 N–H and O–H groups in total. The molecule has 0 aliphatic carbocycles. The van der Waals surface area contributed by atoms with Gasteiger partial charge in [0.1, 0.15) is 13.1 Å². The van der Waals surface area contributed by atoms with E-state index in [2.05, 4.69) is 5.32 Å². The first kappa shape index (κ1) is 17.7. The van der Waals surface area contributed by atoms with Crippen LogP contribution in [0, 0.1) is 0 Å². The summed E-state index contributed by atoms with van der Waals surface area (Å²) in [6.45, 7) is 0.754. The quantitative estimate of drug-likeness (QED) is 0.631. The fourth-order valence-corrected chi connectivity index (χ4v) is 2.22. The molecule has 0 unspecified atom stereocenters. The van der Waals surface area contributed by atoms with E-state index in [1.807, 2.05) is 0 Å². The molecular weight excluding hydrogens is 338 g/mol. The first-order valence-electron chi connectivity index (χ1n) is 7.10. The summed E-state index contributed by atoms with van der Waals surface area (Å²) in [6.07, 6.45) is -1.11. The minimum atomic E-state index is -1.11. The van der Waals surface area contributed by atoms with Crippen molar-refractivity contribution in [2.75, 3.05) is 25.5 Å². The van der Waals surface area contributed by atoms with E-state index >= 15 is 0 Å². The van der Waals surface area contributed by atoms with Crippen LogP contribution in [0.1, 0.15) is 6.92 Å². The summed E-state index contributed by atoms with van der Waals surface area (Å²) >= 11 is 5.93. The van der Waals surface area contributed by atoms with Crippen molar-refractivity contribution < 1.29 is 23.9 Å². The number of carbonyl (C=O) groups excluding carboxylic acids is 4. The van der Waals surface area contributed by atoms with E-state index in [1.54, 1.807) is 24.3 Å². The Labute approximate surface area is 143 Å². The standard InChI is InChI=1S/C15H16ClN3O5/c1-9(14(22)17-11-6-4-3-5-10(11)16)24-13(21)8-19-12(20)7-18(2)15(19)23/h3-6,9H,7-8H2,1-2H3,(H,17,22)/t9-/m0/s1. The van der Waals surface area contributed by atoms with E-state index in [4.69, 9.17) is 16.3 Å². The minimum Gasteiger partial charge on any atom is -0.451 e. The second kappa shape index (κ2) is 7.31. The topological polar surface area (TPSA) is 96.0 Å². The summed E-state index contributed by atoms with van der Waals surface area (Å²) in [6, 6.07) is 6.04. The van der Waals surface area contributed by atoms with E-state index in [1.165, 1.54) is 18.9 Å². The van der Waals surface area contributed by atoms with Crippen molar-refractivity contribution in [3.8, 4) is 0 Å². The van der Waals surface area contributed by atoms with Gasteiger partial charge in [-0.05, 0) is 19.1 Å². The number of hydrogen-bond donors (Lipinski definition) is 1. The molecule has 24 heavy (non-hydrogen) atoms. The number of hydrogen-bond acceptors (Lipinski definition) is 5. The second-order valence-corrected chi connectivity index (χ2v) is 5.63. The number of anilines is 1. The number of urea groups is 1. The molecule has 8 nitrogen and oxygen atoms in total. The Morgan fingerprint density at radius 2 is 2.00 bits per heavy atom. The van der Waals surface area contributed by atoms with Gasteiger partial charge in [0.2, 0.25) is 0 Å². The Morgan fingerprint density at radius 1 is 1.33 bits per heavy atom. The summed E-state index contributed by atoms with van der Waals surface area (Å²) < 4.78 is 4.96. The average Bonchev–Trinajstić information content (AvgIpc) is 2.75. The molecule has 1 atom stereocenters. The number of nitrogens with zero attached hydrogens (tertiary/aromatic N) is 2. The monoisotopic (exact) mass is 353 g/mol. The van der Waals surface area contributed by atoms with Gasteiger partial charge >= 0.3 is 12.0 Å². The van der Waals surface area contributed by atoms with Crippen LogP contribution in [0.2, 0.25) is 5.02 Å². The fraction of sp³-hybridized carbons (Fsp3) is 0.333. The molecule has 128 valence electrons. The Kier molecular flexibility index (Phi) is 5.40. The molecule has 0 radical (unpaired) electrons. The third kappa shape index (κ3) is 4.02. The van der Waals surface area contributed by atoms with Crippen LogP contribution in [-0.2, 0) is 19.1 Å². The third-order valence-electron chi connectivity index (χ3n) is 3.33. The lowest BCUT2D eigenvalue weighted by Gasteiger charge is -2.17. The van der Waals surface area contributed by atoms with Crippen molar-refractivity contribution in [3.63, 3.8) is 0 Å². The molecule has 0 aromatic heterocycles. The van der Waals surface area contributed by atoms with Crippen LogP contribution in [-0.4, -0.2) is 59.9 Å². The van der Waals surface area contributed by atoms with Gasteiger partial charge in [0.25, 0.3) is 11.8 Å². The summed E-state index contributed by atoms with van der Waals surface area (Å²) in [5.74, 6) is -1.92. The van der Waals surface area contributed by atoms with Gasteiger partial charge in [-0.3, -0.25) is 19.3 Å². The number of benzene rings is 1. The zero-order chi connectivity index (χ0) is 17.9. The lowest BCUT2D eigenvalue weighted by atomic mass is 10.3. The highest BCUT2D eigenvalue weighted by molar-refractivity contribution is 6.33. The van der Waals surface area contributed by atoms with Crippen molar-refractivity contribution in [3.05, 3.63) is 29.3 Å². The van der Waals surface area contributed by atoms with E-state index in [-0.39, 0.29) is 6.54 Å². The van der Waals surface area contributed by atoms with Gasteiger partial charge in [-0.15, -0.1) is 0 Å². The largest absolute Gasteiger partial charge is 0.451 e. The van der Waals surface area contributed by atoms with Crippen LogP contribution in [0.3, 0.4) is 0 Å². The van der Waals surface area contributed by atoms with Crippen LogP contribution in [0.5, 0.6) is 0 Å². The maximum Gasteiger partial charge on any atom is 0.327 e. The molecule has 0 spiro atoms. The molecular formula is C15H16ClN3O5. The number of likely N-dealkylation sites (N-methyl/N-ethyl adjacent to an activating group) is 1. The van der Waals surface area contributed by atoms with Gasteiger partial charge < -0.3 is 15.0 Å². The van der Waals surface area contributed by atoms with E-state index in [9.17, 15) is 19.2 Å². The highest BCUT2D eigenvalue weighted by Crippen LogP contribution is 2.20. The minimum absolute atomic E-state index is 0.0886. The van der Waals surface area contributed by atoms with Gasteiger partial charge in [-0.2, -0.15) is 0 Å². The molecule has 1 aromatic carbocycles. The molecule has 1 heterocycles. The number of amides is 4. The molecule has 1 aliphatic rings. The highest BCUT2D eigenvalue weighted by Gasteiger charge is 2.35. The molecule has 2 rings (SSSR count). The smallest absolute Gasteiger partial charge is 0.327 e. The van der Waals surface area contributed by atoms with Crippen molar-refractivity contribution >= 4 is 41.1 Å². The van der Waals surface area contributed by atoms with Crippen LogP contribution in [0.4, 0.5) is 10.5 Å². The molecule has 9 heteroatoms. The fourth-order valence-electron chi connectivity index (χ4n) is 2.04. The molecule has 1 saturated heterocycles. The van der Waals surface area contributed by atoms with Gasteiger partial charge in [0, 0.05) is 7.05 Å². The Balaban J connectivity index is 1.89. The SMILES string of the molecule is C[C@H](OC(=O)CN1C(=O)CN(C)C1=O)C(=O)Nc1ccccc1Cl. The van der Waals surface area contributed by atoms with Gasteiger partial charge in [-0.1, -0.05) is 23.7 Å². The molecule has 0 saturated carbocycles. The number of para-hydroxylation sites is 1. The first-order valence-corrected chi connectivity index (χ1v) is 7.47. The lowest BCUT2D eigenvalue weighted by Crippen LogP contribution is -2.39. The summed E-state index contributed by atoms with van der Waals surface area (Å²) in [7, 11) is 1.45. The van der Waals surface area contributed by atoms with E-state index < -0.39 is 36.5 Å². The Hall–Kier alpha value is -2.61. The number of rotatable bonds is 5. The molecule has 1 aliphatic heterocycles. The number of nitrogens with one attached hydrogen (secondary N) is 1. The van der Waals surface area contributed by atoms with Crippen LogP contribution >= 0.6 is 11.6 Å². The molecule has 4 amide bonds. The van der Waals surface area contributed by atoms with Crippen molar-refractivity contribution in [2.45, 2.75) is 13.0 Å². The van der Waals surface area contributed by atoms with Crippen LogP contribution in [0.25, 0.3) is 0 Å². The zero-order valence-corrected chi connectivity index (χ0v) is 13.9. The summed E-state index contributed by atoms with van der Waals surface area (Å²) in [4.78, 5) is 49.1. The lowest BCUT2D eigenvalue weighted by molar-refractivity contribution is -0.154. The average molecular weight is 354 g/mol. The molecule has 0 bridgehead atoms. The Bertz CT molecular complexity index is 693. The second-order valence-electron chi connectivity index (χ2n) is 5.22. The molecule has 1 aromatic rings. The van der Waals surface area contributed by atoms with Crippen molar-refractivity contribution in [1.29, 1.82) is 0 Å². The van der Waals surface area contributed by atoms with Gasteiger partial charge in [-0.25, -0.2) is 4.79 Å². The summed E-state index contributed by atoms with van der Waals surface area (Å²) in [5, 5.41) is 2.88. The number of ether oxygens (including phenoxy) is 1. The van der Waals surface area contributed by atoms with Gasteiger partial charge in [0.05, 0.1) is 10.7 Å². The third-order valence-corrected chi connectivity index (χ3v) is 3.66. The molecule has 1 fully saturated rings. The van der Waals surface area contributed by atoms with E-state index in [0.717, 1.165) is 4.90 Å². The normalized spacial score (nSPS) is 15.5. The van der Waals surface area contributed by atoms with Gasteiger partial charge in [0.15, 0.2) is 6.10 Å². The number of carbonyl (C=O) groups is 4. The van der Waals surface area contributed by atoms with Crippen LogP contribution in [0.15, 0.2) is 24.3 Å². The van der Waals surface area contributed by atoms with Crippen molar-refractivity contribution in [2.24, 2.45) is 0 Å². The summed E-state index contributed by atoms with van der Waals surface area (Å²) in [5.41, 5.74) is 0.388. The number of imide groups is 1. The predicted octanol–water partition coefficient (Wildman–Crippen LogP) is 1.10. The van der Waals surface area contributed by atoms with Crippen molar-refractivity contribution in [1.82, 2.24) is 9.80 Å². The Morgan fingerprint density at radius 3 is 2.58 bits per heavy atom. The predicted molar refractivity (Wildman–Crippen MR) is 85.4 cm³/mol. The van der Waals surface area contributed by atoms with Crippen LogP contribution < -0.4 is 5.32 Å². The highest BCUT2D eigenvalue weighted by atomic mass is 35.5. The maximum absolute atomic E-state index is 12.0. The first-order chi connectivity index (χ1) is 11.3. The zero-order valence-electron chi connectivity index (χ0n) is 13.1. The number of halogens is 1. The number of esters is 1.